The predicted molar refractivity (Wildman–Crippen MR) is 103 cm³/mol. The second-order valence-electron chi connectivity index (χ2n) is 6.47. The quantitative estimate of drug-likeness (QED) is 0.748. The lowest BCUT2D eigenvalue weighted by atomic mass is 10.1. The fourth-order valence-electron chi connectivity index (χ4n) is 3.19. The molecule has 1 N–H and O–H groups in total. The molecule has 1 aliphatic heterocycles. The van der Waals surface area contributed by atoms with Crippen molar-refractivity contribution < 1.29 is 14.3 Å². The molecule has 1 aliphatic rings. The molecule has 0 aliphatic carbocycles. The number of benzene rings is 2. The van der Waals surface area contributed by atoms with E-state index in [1.807, 2.05) is 50.4 Å². The maximum Gasteiger partial charge on any atom is 0.255 e. The highest BCUT2D eigenvalue weighted by molar-refractivity contribution is 6.05. The van der Waals surface area contributed by atoms with Crippen molar-refractivity contribution in [3.8, 4) is 17.2 Å². The molecule has 27 heavy (non-hydrogen) atoms. The van der Waals surface area contributed by atoms with Crippen LogP contribution in [0.25, 0.3) is 5.69 Å². The molecular weight excluding hydrogens is 342 g/mol. The second-order valence-corrected chi connectivity index (χ2v) is 6.47. The van der Waals surface area contributed by atoms with Crippen LogP contribution < -0.4 is 14.8 Å². The predicted octanol–water partition coefficient (Wildman–Crippen LogP) is 3.85. The van der Waals surface area contributed by atoms with Crippen molar-refractivity contribution in [1.29, 1.82) is 0 Å². The average molecular weight is 363 g/mol. The summed E-state index contributed by atoms with van der Waals surface area (Å²) in [5.74, 6) is 1.26. The van der Waals surface area contributed by atoms with Crippen molar-refractivity contribution in [2.75, 3.05) is 11.9 Å². The lowest BCUT2D eigenvalue weighted by Gasteiger charge is -2.14. The highest BCUT2D eigenvalue weighted by Crippen LogP contribution is 2.38. The molecule has 0 saturated carbocycles. The van der Waals surface area contributed by atoms with Crippen LogP contribution in [0, 0.1) is 0 Å². The van der Waals surface area contributed by atoms with Gasteiger partial charge in [-0.2, -0.15) is 5.10 Å². The van der Waals surface area contributed by atoms with E-state index in [2.05, 4.69) is 10.4 Å². The van der Waals surface area contributed by atoms with E-state index in [0.29, 0.717) is 23.6 Å². The molecule has 1 aromatic heterocycles. The fourth-order valence-corrected chi connectivity index (χ4v) is 3.19. The Bertz CT molecular complexity index is 950. The first-order chi connectivity index (χ1) is 13.1. The van der Waals surface area contributed by atoms with E-state index in [0.717, 1.165) is 23.4 Å². The van der Waals surface area contributed by atoms with E-state index >= 15 is 0 Å². The minimum Gasteiger partial charge on any atom is -0.492 e. The number of nitrogens with zero attached hydrogens (tertiary/aromatic N) is 2. The molecule has 0 fully saturated rings. The van der Waals surface area contributed by atoms with Crippen LogP contribution in [0.3, 0.4) is 0 Å². The number of nitrogens with one attached hydrogen (secondary N) is 1. The molecule has 0 radical (unpaired) electrons. The summed E-state index contributed by atoms with van der Waals surface area (Å²) in [6, 6.07) is 12.9. The molecule has 1 atom stereocenters. The Morgan fingerprint density at radius 3 is 2.85 bits per heavy atom. The number of aromatic nitrogens is 2. The largest absolute Gasteiger partial charge is 0.492 e. The van der Waals surface area contributed by atoms with Gasteiger partial charge in [0, 0.05) is 36.0 Å². The highest BCUT2D eigenvalue weighted by atomic mass is 16.5. The maximum absolute atomic E-state index is 12.7. The summed E-state index contributed by atoms with van der Waals surface area (Å²) in [5, 5.41) is 7.13. The normalized spacial score (nSPS) is 15.1. The zero-order valence-corrected chi connectivity index (χ0v) is 15.3. The molecule has 0 saturated heterocycles. The number of rotatable bonds is 5. The Labute approximate surface area is 157 Å². The second kappa shape index (κ2) is 7.15. The van der Waals surface area contributed by atoms with Crippen molar-refractivity contribution in [1.82, 2.24) is 9.78 Å². The molecule has 138 valence electrons. The van der Waals surface area contributed by atoms with E-state index in [9.17, 15) is 4.79 Å². The monoisotopic (exact) mass is 363 g/mol. The first-order valence-corrected chi connectivity index (χ1v) is 9.02. The first-order valence-electron chi connectivity index (χ1n) is 9.02. The fraction of sp³-hybridized carbons (Fsp3) is 0.238. The molecule has 0 spiro atoms. The number of fused-ring (bicyclic) bond motifs is 1. The summed E-state index contributed by atoms with van der Waals surface area (Å²) < 4.78 is 13.3. The molecular formula is C21H21N3O3. The van der Waals surface area contributed by atoms with Crippen LogP contribution in [0.15, 0.2) is 54.9 Å². The SMILES string of the molecule is CCOc1cc2c(cc1NC(=O)c1ccc(-n3cccn3)cc1)OC(C)C2. The number of hydrogen-bond donors (Lipinski definition) is 1. The first kappa shape index (κ1) is 17.1. The molecule has 2 aromatic carbocycles. The van der Waals surface area contributed by atoms with Gasteiger partial charge in [-0.1, -0.05) is 0 Å². The summed E-state index contributed by atoms with van der Waals surface area (Å²) in [5.41, 5.74) is 3.17. The number of amides is 1. The van der Waals surface area contributed by atoms with Crippen molar-refractivity contribution in [3.63, 3.8) is 0 Å². The van der Waals surface area contributed by atoms with Crippen molar-refractivity contribution in [2.45, 2.75) is 26.4 Å². The average Bonchev–Trinajstić information content (AvgIpc) is 3.31. The molecule has 0 bridgehead atoms. The topological polar surface area (TPSA) is 65.4 Å². The smallest absolute Gasteiger partial charge is 0.255 e. The summed E-state index contributed by atoms with van der Waals surface area (Å²) in [6.45, 7) is 4.47. The van der Waals surface area contributed by atoms with Gasteiger partial charge >= 0.3 is 0 Å². The summed E-state index contributed by atoms with van der Waals surface area (Å²) in [7, 11) is 0. The molecule has 1 unspecified atom stereocenters. The van der Waals surface area contributed by atoms with Gasteiger partial charge in [-0.3, -0.25) is 4.79 Å². The minimum atomic E-state index is -0.200. The third-order valence-corrected chi connectivity index (χ3v) is 4.44. The lowest BCUT2D eigenvalue weighted by molar-refractivity contribution is 0.102. The van der Waals surface area contributed by atoms with Gasteiger partial charge in [0.15, 0.2) is 0 Å². The van der Waals surface area contributed by atoms with Crippen molar-refractivity contribution >= 4 is 11.6 Å². The molecule has 3 aromatic rings. The Morgan fingerprint density at radius 1 is 1.33 bits per heavy atom. The van der Waals surface area contributed by atoms with Crippen LogP contribution >= 0.6 is 0 Å². The van der Waals surface area contributed by atoms with Gasteiger partial charge in [-0.05, 0) is 50.2 Å². The van der Waals surface area contributed by atoms with Gasteiger partial charge in [0.1, 0.15) is 17.6 Å². The van der Waals surface area contributed by atoms with Gasteiger partial charge in [-0.25, -0.2) is 4.68 Å². The summed E-state index contributed by atoms with van der Waals surface area (Å²) in [4.78, 5) is 12.7. The molecule has 6 heteroatoms. The molecule has 6 nitrogen and oxygen atoms in total. The highest BCUT2D eigenvalue weighted by Gasteiger charge is 2.22. The Balaban J connectivity index is 1.56. The van der Waals surface area contributed by atoms with Gasteiger partial charge in [-0.15, -0.1) is 0 Å². The zero-order chi connectivity index (χ0) is 18.8. The lowest BCUT2D eigenvalue weighted by Crippen LogP contribution is -2.13. The van der Waals surface area contributed by atoms with Crippen LogP contribution in [0.4, 0.5) is 5.69 Å². The zero-order valence-electron chi connectivity index (χ0n) is 15.3. The van der Waals surface area contributed by atoms with Crippen LogP contribution in [0.1, 0.15) is 29.8 Å². The third kappa shape index (κ3) is 3.51. The van der Waals surface area contributed by atoms with E-state index in [1.54, 1.807) is 23.0 Å². The molecule has 1 amide bonds. The standard InChI is InChI=1S/C21H21N3O3/c1-3-26-20-12-16-11-14(2)27-19(16)13-18(20)23-21(25)15-5-7-17(8-6-15)24-10-4-9-22-24/h4-10,12-14H,3,11H2,1-2H3,(H,23,25). The molecule has 2 heterocycles. The Morgan fingerprint density at radius 2 is 2.15 bits per heavy atom. The Hall–Kier alpha value is -3.28. The van der Waals surface area contributed by atoms with Crippen molar-refractivity contribution in [2.24, 2.45) is 0 Å². The number of anilines is 1. The summed E-state index contributed by atoms with van der Waals surface area (Å²) >= 11 is 0. The number of carbonyl (C=O) groups is 1. The van der Waals surface area contributed by atoms with Crippen LogP contribution in [0.2, 0.25) is 0 Å². The van der Waals surface area contributed by atoms with Gasteiger partial charge < -0.3 is 14.8 Å². The number of ether oxygens (including phenoxy) is 2. The van der Waals surface area contributed by atoms with E-state index in [1.165, 1.54) is 0 Å². The van der Waals surface area contributed by atoms with Crippen LogP contribution in [-0.2, 0) is 6.42 Å². The number of carbonyl (C=O) groups excluding carboxylic acids is 1. The van der Waals surface area contributed by atoms with E-state index < -0.39 is 0 Å². The van der Waals surface area contributed by atoms with Crippen LogP contribution in [0.5, 0.6) is 11.5 Å². The Kier molecular flexibility index (Phi) is 4.54. The molecule has 4 rings (SSSR count). The third-order valence-electron chi connectivity index (χ3n) is 4.44. The van der Waals surface area contributed by atoms with Gasteiger partial charge in [0.2, 0.25) is 0 Å². The number of hydrogen-bond acceptors (Lipinski definition) is 4. The summed E-state index contributed by atoms with van der Waals surface area (Å²) in [6.07, 6.45) is 4.55. The van der Waals surface area contributed by atoms with E-state index in [-0.39, 0.29) is 12.0 Å². The maximum atomic E-state index is 12.7. The van der Waals surface area contributed by atoms with Gasteiger partial charge in [0.25, 0.3) is 5.91 Å². The van der Waals surface area contributed by atoms with Crippen molar-refractivity contribution in [3.05, 3.63) is 66.0 Å². The van der Waals surface area contributed by atoms with Crippen LogP contribution in [-0.4, -0.2) is 28.4 Å². The minimum absolute atomic E-state index is 0.135. The van der Waals surface area contributed by atoms with Gasteiger partial charge in [0.05, 0.1) is 18.0 Å². The van der Waals surface area contributed by atoms with E-state index in [4.69, 9.17) is 9.47 Å².